The maximum atomic E-state index is 5.17. The van der Waals surface area contributed by atoms with Crippen molar-refractivity contribution in [2.24, 2.45) is 0 Å². The van der Waals surface area contributed by atoms with Gasteiger partial charge in [0.15, 0.2) is 17.1 Å². The molecule has 0 unspecified atom stereocenters. The van der Waals surface area contributed by atoms with Crippen LogP contribution in [0.5, 0.6) is 0 Å². The fourth-order valence-electron chi connectivity index (χ4n) is 1.47. The van der Waals surface area contributed by atoms with Gasteiger partial charge in [-0.1, -0.05) is 17.3 Å². The molecule has 2 aromatic heterocycles. The van der Waals surface area contributed by atoms with Crippen LogP contribution in [0.25, 0.3) is 22.5 Å². The molecule has 4 nitrogen and oxygen atoms in total. The Labute approximate surface area is 85.6 Å². The number of aromatic nitrogens is 3. The summed E-state index contributed by atoms with van der Waals surface area (Å²) >= 11 is 0. The quantitative estimate of drug-likeness (QED) is 0.600. The number of fused-ring (bicyclic) bond motifs is 1. The van der Waals surface area contributed by atoms with Gasteiger partial charge in [-0.2, -0.15) is 0 Å². The molecule has 72 valence electrons. The molecule has 0 bridgehead atoms. The Morgan fingerprint density at radius 3 is 2.60 bits per heavy atom. The van der Waals surface area contributed by atoms with Gasteiger partial charge in [-0.3, -0.25) is 0 Å². The maximum absolute atomic E-state index is 5.17. The van der Waals surface area contributed by atoms with Crippen molar-refractivity contribution in [1.29, 1.82) is 0 Å². The van der Waals surface area contributed by atoms with E-state index in [1.54, 1.807) is 18.5 Å². The number of nitrogens with zero attached hydrogens (tertiary/aromatic N) is 3. The van der Waals surface area contributed by atoms with Gasteiger partial charge in [-0.15, -0.1) is 0 Å². The minimum atomic E-state index is 0.586. The largest absolute Gasteiger partial charge is 0.356 e. The summed E-state index contributed by atoms with van der Waals surface area (Å²) in [5, 5.41) is 4.90. The zero-order valence-corrected chi connectivity index (χ0v) is 7.79. The van der Waals surface area contributed by atoms with Crippen LogP contribution in [0.4, 0.5) is 0 Å². The molecule has 0 fully saturated rings. The smallest absolute Gasteiger partial charge is 0.182 e. The summed E-state index contributed by atoms with van der Waals surface area (Å²) < 4.78 is 5.17. The second-order valence-corrected chi connectivity index (χ2v) is 3.10. The van der Waals surface area contributed by atoms with Crippen molar-refractivity contribution in [2.45, 2.75) is 0 Å². The van der Waals surface area contributed by atoms with Crippen molar-refractivity contribution in [2.75, 3.05) is 0 Å². The van der Waals surface area contributed by atoms with Crippen molar-refractivity contribution >= 4 is 11.0 Å². The van der Waals surface area contributed by atoms with E-state index in [9.17, 15) is 0 Å². The maximum Gasteiger partial charge on any atom is 0.182 e. The van der Waals surface area contributed by atoms with E-state index in [1.807, 2.05) is 24.3 Å². The summed E-state index contributed by atoms with van der Waals surface area (Å²) in [4.78, 5) is 8.28. The molecular formula is C11H7N3O. The van der Waals surface area contributed by atoms with E-state index in [4.69, 9.17) is 4.52 Å². The second-order valence-electron chi connectivity index (χ2n) is 3.10. The molecule has 2 heterocycles. The lowest BCUT2D eigenvalue weighted by molar-refractivity contribution is 0.459. The lowest BCUT2D eigenvalue weighted by atomic mass is 10.2. The first-order valence-electron chi connectivity index (χ1n) is 4.57. The topological polar surface area (TPSA) is 51.8 Å². The minimum absolute atomic E-state index is 0.586. The molecule has 3 aromatic rings. The van der Waals surface area contributed by atoms with Crippen molar-refractivity contribution in [1.82, 2.24) is 15.1 Å². The molecule has 0 aliphatic rings. The molecule has 0 aliphatic carbocycles. The zero-order chi connectivity index (χ0) is 10.1. The average Bonchev–Trinajstić information content (AvgIpc) is 2.74. The van der Waals surface area contributed by atoms with Crippen LogP contribution in [0.1, 0.15) is 0 Å². The monoisotopic (exact) mass is 197 g/mol. The number of benzene rings is 1. The van der Waals surface area contributed by atoms with Crippen LogP contribution in [0.2, 0.25) is 0 Å². The molecule has 0 atom stereocenters. The Bertz CT molecular complexity index is 589. The number of rotatable bonds is 1. The molecule has 3 rings (SSSR count). The fraction of sp³-hybridized carbons (Fsp3) is 0. The summed E-state index contributed by atoms with van der Waals surface area (Å²) in [5.41, 5.74) is 1.44. The van der Waals surface area contributed by atoms with Crippen LogP contribution in [0.15, 0.2) is 47.2 Å². The highest BCUT2D eigenvalue weighted by Crippen LogP contribution is 2.24. The van der Waals surface area contributed by atoms with Gasteiger partial charge in [-0.05, 0) is 18.2 Å². The van der Waals surface area contributed by atoms with Crippen LogP contribution in [0, 0.1) is 0 Å². The normalized spacial score (nSPS) is 10.7. The van der Waals surface area contributed by atoms with Crippen LogP contribution >= 0.6 is 0 Å². The highest BCUT2D eigenvalue weighted by molar-refractivity contribution is 5.89. The molecule has 0 spiro atoms. The molecule has 1 aromatic carbocycles. The van der Waals surface area contributed by atoms with E-state index < -0.39 is 0 Å². The molecule has 0 saturated carbocycles. The molecule has 0 N–H and O–H groups in total. The van der Waals surface area contributed by atoms with Crippen molar-refractivity contribution in [3.05, 3.63) is 42.7 Å². The van der Waals surface area contributed by atoms with Crippen molar-refractivity contribution in [3.63, 3.8) is 0 Å². The highest BCUT2D eigenvalue weighted by Gasteiger charge is 2.10. The summed E-state index contributed by atoms with van der Waals surface area (Å²) in [6.07, 6.45) is 3.37. The average molecular weight is 197 g/mol. The van der Waals surface area contributed by atoms with E-state index in [2.05, 4.69) is 15.1 Å². The third-order valence-corrected chi connectivity index (χ3v) is 2.16. The van der Waals surface area contributed by atoms with E-state index in [0.717, 1.165) is 11.0 Å². The molecule has 4 heteroatoms. The fourth-order valence-corrected chi connectivity index (χ4v) is 1.47. The first-order valence-corrected chi connectivity index (χ1v) is 4.57. The van der Waals surface area contributed by atoms with Crippen LogP contribution in [-0.2, 0) is 0 Å². The second kappa shape index (κ2) is 3.16. The van der Waals surface area contributed by atoms with E-state index in [-0.39, 0.29) is 0 Å². The van der Waals surface area contributed by atoms with Crippen molar-refractivity contribution in [3.8, 4) is 11.5 Å². The van der Waals surface area contributed by atoms with Gasteiger partial charge in [0.25, 0.3) is 0 Å². The standard InChI is InChI=1S/C11H7N3O/c1-2-5-9-8(4-1)10(14-15-9)11-12-6-3-7-13-11/h1-7H. The Hall–Kier alpha value is -2.23. The summed E-state index contributed by atoms with van der Waals surface area (Å²) in [6, 6.07) is 9.42. The first kappa shape index (κ1) is 8.11. The van der Waals surface area contributed by atoms with Crippen LogP contribution in [0.3, 0.4) is 0 Å². The third-order valence-electron chi connectivity index (χ3n) is 2.16. The predicted octanol–water partition coefficient (Wildman–Crippen LogP) is 2.28. The van der Waals surface area contributed by atoms with Gasteiger partial charge in [0.2, 0.25) is 0 Å². The number of para-hydroxylation sites is 1. The van der Waals surface area contributed by atoms with Gasteiger partial charge in [-0.25, -0.2) is 9.97 Å². The molecular weight excluding hydrogens is 190 g/mol. The Balaban J connectivity index is 2.28. The molecule has 0 radical (unpaired) electrons. The van der Waals surface area contributed by atoms with Gasteiger partial charge in [0, 0.05) is 12.4 Å². The summed E-state index contributed by atoms with van der Waals surface area (Å²) in [5.74, 6) is 0.586. The van der Waals surface area contributed by atoms with Gasteiger partial charge in [0.05, 0.1) is 5.39 Å². The highest BCUT2D eigenvalue weighted by atomic mass is 16.5. The number of hydrogen-bond donors (Lipinski definition) is 0. The summed E-state index contributed by atoms with van der Waals surface area (Å²) in [6.45, 7) is 0. The van der Waals surface area contributed by atoms with E-state index >= 15 is 0 Å². The van der Waals surface area contributed by atoms with E-state index in [1.165, 1.54) is 0 Å². The van der Waals surface area contributed by atoms with Gasteiger partial charge in [0.1, 0.15) is 0 Å². The number of hydrogen-bond acceptors (Lipinski definition) is 4. The lowest BCUT2D eigenvalue weighted by Crippen LogP contribution is -1.86. The predicted molar refractivity (Wildman–Crippen MR) is 55.0 cm³/mol. The Morgan fingerprint density at radius 1 is 0.933 bits per heavy atom. The Kier molecular flexibility index (Phi) is 1.71. The molecule has 0 amide bonds. The molecule has 0 saturated heterocycles. The van der Waals surface area contributed by atoms with Gasteiger partial charge < -0.3 is 4.52 Å². The SMILES string of the molecule is c1cnc(-c2noc3ccccc23)nc1. The Morgan fingerprint density at radius 2 is 1.73 bits per heavy atom. The van der Waals surface area contributed by atoms with Gasteiger partial charge >= 0.3 is 0 Å². The van der Waals surface area contributed by atoms with E-state index in [0.29, 0.717) is 11.5 Å². The molecule has 0 aliphatic heterocycles. The summed E-state index contributed by atoms with van der Waals surface area (Å²) in [7, 11) is 0. The van der Waals surface area contributed by atoms with Crippen molar-refractivity contribution < 1.29 is 4.52 Å². The lowest BCUT2D eigenvalue weighted by Gasteiger charge is -1.92. The first-order chi connectivity index (χ1) is 7.45. The minimum Gasteiger partial charge on any atom is -0.356 e. The third kappa shape index (κ3) is 1.27. The zero-order valence-electron chi connectivity index (χ0n) is 7.79. The van der Waals surface area contributed by atoms with Crippen LogP contribution in [-0.4, -0.2) is 15.1 Å². The van der Waals surface area contributed by atoms with Crippen LogP contribution < -0.4 is 0 Å². The molecule has 15 heavy (non-hydrogen) atoms.